The maximum Gasteiger partial charge on any atom is 0.199 e. The van der Waals surface area contributed by atoms with Crippen LogP contribution in [0.5, 0.6) is 0 Å². The van der Waals surface area contributed by atoms with Crippen molar-refractivity contribution in [3.8, 4) is 0 Å². The number of aromatic amines is 2. The number of halogens is 5. The van der Waals surface area contributed by atoms with E-state index in [0.717, 1.165) is 0 Å². The number of hydrogen-bond acceptors (Lipinski definition) is 0. The molecule has 1 aliphatic carbocycles. The van der Waals surface area contributed by atoms with E-state index in [2.05, 4.69) is 9.97 Å². The quantitative estimate of drug-likeness (QED) is 0.749. The zero-order chi connectivity index (χ0) is 16.8. The van der Waals surface area contributed by atoms with Gasteiger partial charge >= 0.3 is 0 Å². The number of hydrogen-bond donors (Lipinski definition) is 2. The van der Waals surface area contributed by atoms with Crippen LogP contribution in [-0.2, 0) is 0 Å². The lowest BCUT2D eigenvalue weighted by molar-refractivity contribution is 0.0760. The SMILES string of the molecule is CC1(F)C(F)=C(F)C(C(c2ccc[nH]2)c2ccc[nH]2)=C(F)C1F. The summed E-state index contributed by atoms with van der Waals surface area (Å²) in [5.41, 5.74) is -3.59. The second-order valence-electron chi connectivity index (χ2n) is 5.51. The van der Waals surface area contributed by atoms with E-state index in [1.807, 2.05) is 0 Å². The number of nitrogens with one attached hydrogen (secondary N) is 2. The van der Waals surface area contributed by atoms with Gasteiger partial charge in [0.2, 0.25) is 0 Å². The first kappa shape index (κ1) is 15.6. The molecule has 0 fully saturated rings. The summed E-state index contributed by atoms with van der Waals surface area (Å²) >= 11 is 0. The first-order chi connectivity index (χ1) is 10.9. The minimum absolute atomic E-state index is 0.315. The fraction of sp³-hybridized carbons (Fsp3) is 0.250. The number of rotatable bonds is 3. The van der Waals surface area contributed by atoms with Gasteiger partial charge in [0, 0.05) is 29.4 Å². The van der Waals surface area contributed by atoms with Crippen LogP contribution in [-0.4, -0.2) is 21.8 Å². The molecule has 0 spiro atoms. The molecule has 0 radical (unpaired) electrons. The largest absolute Gasteiger partial charge is 0.364 e. The van der Waals surface area contributed by atoms with E-state index in [9.17, 15) is 22.0 Å². The van der Waals surface area contributed by atoms with Gasteiger partial charge in [0.05, 0.1) is 5.92 Å². The van der Waals surface area contributed by atoms with Crippen molar-refractivity contribution >= 4 is 0 Å². The molecule has 2 aromatic heterocycles. The first-order valence-corrected chi connectivity index (χ1v) is 6.91. The normalized spacial score (nSPS) is 25.6. The van der Waals surface area contributed by atoms with Crippen molar-refractivity contribution in [1.29, 1.82) is 0 Å². The van der Waals surface area contributed by atoms with E-state index in [1.54, 1.807) is 12.1 Å². The summed E-state index contributed by atoms with van der Waals surface area (Å²) in [6, 6.07) is 6.20. The molecular formula is C16H13F5N2. The van der Waals surface area contributed by atoms with Gasteiger partial charge in [-0.1, -0.05) is 0 Å². The van der Waals surface area contributed by atoms with Crippen molar-refractivity contribution in [3.63, 3.8) is 0 Å². The summed E-state index contributed by atoms with van der Waals surface area (Å²) in [5, 5.41) is 0. The minimum atomic E-state index is -3.37. The van der Waals surface area contributed by atoms with Gasteiger partial charge < -0.3 is 9.97 Å². The van der Waals surface area contributed by atoms with Gasteiger partial charge in [-0.15, -0.1) is 0 Å². The monoisotopic (exact) mass is 328 g/mol. The van der Waals surface area contributed by atoms with Crippen molar-refractivity contribution in [2.24, 2.45) is 0 Å². The van der Waals surface area contributed by atoms with Crippen molar-refractivity contribution in [1.82, 2.24) is 9.97 Å². The van der Waals surface area contributed by atoms with Crippen LogP contribution in [0.3, 0.4) is 0 Å². The molecule has 2 aromatic rings. The van der Waals surface area contributed by atoms with Gasteiger partial charge in [-0.3, -0.25) is 0 Å². The first-order valence-electron chi connectivity index (χ1n) is 6.91. The molecule has 1 aliphatic rings. The highest BCUT2D eigenvalue weighted by atomic mass is 19.2. The Morgan fingerprint density at radius 3 is 2.00 bits per heavy atom. The number of alkyl halides is 2. The highest BCUT2D eigenvalue weighted by molar-refractivity contribution is 5.50. The minimum Gasteiger partial charge on any atom is -0.364 e. The second-order valence-corrected chi connectivity index (χ2v) is 5.51. The standard InChI is InChI=1S/C16H13F5N2/c1-16(21)14(19)12(17)11(13(18)15(16)20)10(8-4-2-6-22-8)9-5-3-7-23-9/h2-7,10,14,22-23H,1H3. The lowest BCUT2D eigenvalue weighted by Crippen LogP contribution is -2.38. The van der Waals surface area contributed by atoms with Crippen molar-refractivity contribution in [3.05, 3.63) is 71.1 Å². The number of H-pyrrole nitrogens is 2. The van der Waals surface area contributed by atoms with E-state index in [-0.39, 0.29) is 0 Å². The molecule has 2 atom stereocenters. The summed E-state index contributed by atoms with van der Waals surface area (Å²) in [4.78, 5) is 5.53. The van der Waals surface area contributed by atoms with E-state index in [4.69, 9.17) is 0 Å². The molecule has 2 nitrogen and oxygen atoms in total. The molecule has 0 aliphatic heterocycles. The molecule has 0 saturated carbocycles. The smallest absolute Gasteiger partial charge is 0.199 e. The Morgan fingerprint density at radius 1 is 1.04 bits per heavy atom. The molecule has 7 heteroatoms. The Morgan fingerprint density at radius 2 is 1.57 bits per heavy atom. The molecular weight excluding hydrogens is 315 g/mol. The predicted octanol–water partition coefficient (Wildman–Crippen LogP) is 4.93. The third kappa shape index (κ3) is 2.31. The number of aromatic nitrogens is 2. The third-order valence-electron chi connectivity index (χ3n) is 3.97. The van der Waals surface area contributed by atoms with Gasteiger partial charge in [-0.25, -0.2) is 22.0 Å². The summed E-state index contributed by atoms with van der Waals surface area (Å²) in [7, 11) is 0. The molecule has 0 amide bonds. The molecule has 0 aromatic carbocycles. The Balaban J connectivity index is 2.23. The van der Waals surface area contributed by atoms with Crippen LogP contribution < -0.4 is 0 Å². The van der Waals surface area contributed by atoms with Gasteiger partial charge in [0.15, 0.2) is 23.5 Å². The molecule has 0 bridgehead atoms. The molecule has 2 heterocycles. The third-order valence-corrected chi connectivity index (χ3v) is 3.97. The van der Waals surface area contributed by atoms with Crippen molar-refractivity contribution < 1.29 is 22.0 Å². The zero-order valence-electron chi connectivity index (χ0n) is 12.0. The average Bonchev–Trinajstić information content (AvgIpc) is 3.21. The van der Waals surface area contributed by atoms with Crippen LogP contribution in [0.25, 0.3) is 0 Å². The van der Waals surface area contributed by atoms with Crippen LogP contribution in [0.4, 0.5) is 22.0 Å². The second kappa shape index (κ2) is 5.40. The van der Waals surface area contributed by atoms with Gasteiger partial charge in [-0.05, 0) is 31.2 Å². The highest BCUT2D eigenvalue weighted by Crippen LogP contribution is 2.49. The van der Waals surface area contributed by atoms with Crippen LogP contribution in [0.2, 0.25) is 0 Å². The summed E-state index contributed by atoms with van der Waals surface area (Å²) < 4.78 is 70.6. The average molecular weight is 328 g/mol. The lowest BCUT2D eigenvalue weighted by atomic mass is 9.82. The Hall–Kier alpha value is -2.31. The number of allylic oxidation sites excluding steroid dienone is 4. The maximum atomic E-state index is 14.4. The Kier molecular flexibility index (Phi) is 3.66. The fourth-order valence-electron chi connectivity index (χ4n) is 2.71. The van der Waals surface area contributed by atoms with Gasteiger partial charge in [0.1, 0.15) is 5.83 Å². The molecule has 2 N–H and O–H groups in total. The Labute approximate surface area is 128 Å². The molecule has 2 unspecified atom stereocenters. The topological polar surface area (TPSA) is 31.6 Å². The van der Waals surface area contributed by atoms with Crippen molar-refractivity contribution in [2.45, 2.75) is 24.7 Å². The Bertz CT molecular complexity index is 722. The van der Waals surface area contributed by atoms with E-state index < -0.39 is 40.8 Å². The van der Waals surface area contributed by atoms with Crippen LogP contribution in [0.1, 0.15) is 24.2 Å². The maximum absolute atomic E-state index is 14.4. The van der Waals surface area contributed by atoms with Gasteiger partial charge in [0.25, 0.3) is 0 Å². The molecule has 0 saturated heterocycles. The summed E-state index contributed by atoms with van der Waals surface area (Å²) in [6.07, 6.45) is 0.109. The van der Waals surface area contributed by atoms with E-state index >= 15 is 0 Å². The molecule has 3 rings (SSSR count). The van der Waals surface area contributed by atoms with Crippen LogP contribution in [0.15, 0.2) is 59.7 Å². The molecule has 23 heavy (non-hydrogen) atoms. The summed E-state index contributed by atoms with van der Waals surface area (Å²) in [5.74, 6) is -6.46. The van der Waals surface area contributed by atoms with Crippen molar-refractivity contribution in [2.75, 3.05) is 0 Å². The van der Waals surface area contributed by atoms with E-state index in [0.29, 0.717) is 18.3 Å². The predicted molar refractivity (Wildman–Crippen MR) is 75.2 cm³/mol. The summed E-state index contributed by atoms with van der Waals surface area (Å²) in [6.45, 7) is 0.473. The zero-order valence-corrected chi connectivity index (χ0v) is 12.0. The van der Waals surface area contributed by atoms with Crippen LogP contribution in [0, 0.1) is 0 Å². The lowest BCUT2D eigenvalue weighted by Gasteiger charge is -2.30. The van der Waals surface area contributed by atoms with E-state index in [1.165, 1.54) is 24.5 Å². The molecule has 122 valence electrons. The highest BCUT2D eigenvalue weighted by Gasteiger charge is 2.51. The van der Waals surface area contributed by atoms with Gasteiger partial charge in [-0.2, -0.15) is 0 Å². The van der Waals surface area contributed by atoms with Crippen LogP contribution >= 0.6 is 0 Å². The fourth-order valence-corrected chi connectivity index (χ4v) is 2.71.